The zero-order chi connectivity index (χ0) is 17.5. The molecule has 134 valence electrons. The standard InChI is InChI=1S/C17H27N3O3S/c1-3-7-13(15(22)20-17-18-10-11(2)24-17)19-16(23)14(21)12-8-5-4-6-9-12/h10,12-14,21H,3-9H2,1-2H3,(H,19,23)(H,18,20,22)/t13-,14-/m0/s1. The highest BCUT2D eigenvalue weighted by atomic mass is 32.1. The van der Waals surface area contributed by atoms with Gasteiger partial charge in [-0.05, 0) is 32.1 Å². The van der Waals surface area contributed by atoms with E-state index in [0.717, 1.165) is 37.0 Å². The minimum atomic E-state index is -1.03. The van der Waals surface area contributed by atoms with Crippen LogP contribution in [0.1, 0.15) is 56.7 Å². The highest BCUT2D eigenvalue weighted by Gasteiger charge is 2.30. The second-order valence-corrected chi connectivity index (χ2v) is 7.69. The Morgan fingerprint density at radius 2 is 2.04 bits per heavy atom. The number of aryl methyl sites for hydroxylation is 1. The van der Waals surface area contributed by atoms with E-state index in [1.54, 1.807) is 6.20 Å². The largest absolute Gasteiger partial charge is 0.383 e. The van der Waals surface area contributed by atoms with E-state index in [0.29, 0.717) is 11.6 Å². The Hall–Kier alpha value is -1.47. The van der Waals surface area contributed by atoms with Gasteiger partial charge in [0.1, 0.15) is 12.1 Å². The summed E-state index contributed by atoms with van der Waals surface area (Å²) in [5.74, 6) is -0.716. The first kappa shape index (κ1) is 18.9. The van der Waals surface area contributed by atoms with Crippen molar-refractivity contribution in [3.05, 3.63) is 11.1 Å². The van der Waals surface area contributed by atoms with Crippen molar-refractivity contribution in [3.8, 4) is 0 Å². The number of aromatic nitrogens is 1. The van der Waals surface area contributed by atoms with Gasteiger partial charge in [-0.25, -0.2) is 4.98 Å². The molecule has 1 saturated carbocycles. The molecule has 1 aliphatic carbocycles. The molecule has 6 nitrogen and oxygen atoms in total. The highest BCUT2D eigenvalue weighted by Crippen LogP contribution is 2.26. The number of nitrogens with zero attached hydrogens (tertiary/aromatic N) is 1. The van der Waals surface area contributed by atoms with Crippen molar-refractivity contribution in [2.45, 2.75) is 70.9 Å². The van der Waals surface area contributed by atoms with Gasteiger partial charge in [-0.15, -0.1) is 11.3 Å². The molecule has 1 heterocycles. The summed E-state index contributed by atoms with van der Waals surface area (Å²) in [7, 11) is 0. The number of aliphatic hydroxyl groups is 1. The second-order valence-electron chi connectivity index (χ2n) is 6.46. The number of rotatable bonds is 7. The average Bonchev–Trinajstić information content (AvgIpc) is 2.99. The number of aliphatic hydroxyl groups excluding tert-OH is 1. The number of nitrogens with one attached hydrogen (secondary N) is 2. The summed E-state index contributed by atoms with van der Waals surface area (Å²) in [5.41, 5.74) is 0. The fourth-order valence-corrected chi connectivity index (χ4v) is 3.75. The van der Waals surface area contributed by atoms with Crippen molar-refractivity contribution in [2.75, 3.05) is 5.32 Å². The van der Waals surface area contributed by atoms with E-state index in [1.807, 2.05) is 13.8 Å². The molecule has 3 N–H and O–H groups in total. The summed E-state index contributed by atoms with van der Waals surface area (Å²) >= 11 is 1.39. The SMILES string of the molecule is CCC[C@H](NC(=O)[C@@H](O)C1CCCCC1)C(=O)Nc1ncc(C)s1. The zero-order valence-corrected chi connectivity index (χ0v) is 15.2. The van der Waals surface area contributed by atoms with E-state index in [9.17, 15) is 14.7 Å². The molecule has 0 spiro atoms. The summed E-state index contributed by atoms with van der Waals surface area (Å²) in [6.45, 7) is 3.87. The number of anilines is 1. The van der Waals surface area contributed by atoms with Crippen molar-refractivity contribution in [3.63, 3.8) is 0 Å². The molecule has 0 bridgehead atoms. The van der Waals surface area contributed by atoms with Crippen LogP contribution in [0.5, 0.6) is 0 Å². The van der Waals surface area contributed by atoms with Crippen LogP contribution in [-0.4, -0.2) is 34.1 Å². The summed E-state index contributed by atoms with van der Waals surface area (Å²) in [6.07, 6.45) is 6.97. The minimum absolute atomic E-state index is 0.00528. The maximum absolute atomic E-state index is 12.4. The average molecular weight is 353 g/mol. The molecule has 1 aromatic heterocycles. The van der Waals surface area contributed by atoms with Crippen LogP contribution in [0.3, 0.4) is 0 Å². The fraction of sp³-hybridized carbons (Fsp3) is 0.706. The van der Waals surface area contributed by atoms with Crippen LogP contribution in [0, 0.1) is 12.8 Å². The molecule has 1 aliphatic rings. The summed E-state index contributed by atoms with van der Waals surface area (Å²) in [6, 6.07) is -0.648. The van der Waals surface area contributed by atoms with Crippen LogP contribution in [-0.2, 0) is 9.59 Å². The Kier molecular flexibility index (Phi) is 7.17. The second kappa shape index (κ2) is 9.13. The first-order valence-electron chi connectivity index (χ1n) is 8.73. The Balaban J connectivity index is 1.93. The fourth-order valence-electron chi connectivity index (χ4n) is 3.08. The van der Waals surface area contributed by atoms with Gasteiger partial charge in [0.05, 0.1) is 0 Å². The Morgan fingerprint density at radius 1 is 1.33 bits per heavy atom. The van der Waals surface area contributed by atoms with Gasteiger partial charge in [-0.1, -0.05) is 32.6 Å². The summed E-state index contributed by atoms with van der Waals surface area (Å²) < 4.78 is 0. The van der Waals surface area contributed by atoms with Crippen LogP contribution in [0.25, 0.3) is 0 Å². The van der Waals surface area contributed by atoms with Gasteiger partial charge in [0.15, 0.2) is 5.13 Å². The van der Waals surface area contributed by atoms with Crippen molar-refractivity contribution in [1.29, 1.82) is 0 Å². The Labute approximate surface area is 147 Å². The van der Waals surface area contributed by atoms with E-state index in [-0.39, 0.29) is 11.8 Å². The summed E-state index contributed by atoms with van der Waals surface area (Å²) in [5, 5.41) is 16.3. The molecule has 0 saturated heterocycles. The number of carbonyl (C=O) groups excluding carboxylic acids is 2. The van der Waals surface area contributed by atoms with Crippen molar-refractivity contribution in [1.82, 2.24) is 10.3 Å². The number of amides is 2. The van der Waals surface area contributed by atoms with Gasteiger partial charge in [0.2, 0.25) is 11.8 Å². The first-order chi connectivity index (χ1) is 11.5. The van der Waals surface area contributed by atoms with Gasteiger partial charge in [0, 0.05) is 11.1 Å². The summed E-state index contributed by atoms with van der Waals surface area (Å²) in [4.78, 5) is 29.9. The molecule has 0 aliphatic heterocycles. The Bertz CT molecular complexity index is 555. The lowest BCUT2D eigenvalue weighted by Gasteiger charge is -2.27. The molecule has 1 aromatic rings. The Morgan fingerprint density at radius 3 is 2.62 bits per heavy atom. The van der Waals surface area contributed by atoms with E-state index < -0.39 is 18.1 Å². The van der Waals surface area contributed by atoms with E-state index >= 15 is 0 Å². The molecule has 2 rings (SSSR count). The van der Waals surface area contributed by atoms with Gasteiger partial charge >= 0.3 is 0 Å². The number of thiazole rings is 1. The maximum Gasteiger partial charge on any atom is 0.249 e. The van der Waals surface area contributed by atoms with Gasteiger partial charge in [0.25, 0.3) is 0 Å². The molecule has 0 unspecified atom stereocenters. The monoisotopic (exact) mass is 353 g/mol. The predicted molar refractivity (Wildman–Crippen MR) is 94.9 cm³/mol. The zero-order valence-electron chi connectivity index (χ0n) is 14.4. The normalized spacial score (nSPS) is 18.0. The van der Waals surface area contributed by atoms with Gasteiger partial charge in [-0.2, -0.15) is 0 Å². The molecular formula is C17H27N3O3S. The van der Waals surface area contributed by atoms with Crippen molar-refractivity contribution >= 4 is 28.3 Å². The van der Waals surface area contributed by atoms with E-state index in [2.05, 4.69) is 15.6 Å². The molecule has 2 amide bonds. The van der Waals surface area contributed by atoms with Crippen LogP contribution in [0.15, 0.2) is 6.20 Å². The van der Waals surface area contributed by atoms with Gasteiger partial charge < -0.3 is 15.7 Å². The van der Waals surface area contributed by atoms with E-state index in [4.69, 9.17) is 0 Å². The molecule has 0 aromatic carbocycles. The molecule has 0 radical (unpaired) electrons. The quantitative estimate of drug-likeness (QED) is 0.703. The smallest absolute Gasteiger partial charge is 0.249 e. The van der Waals surface area contributed by atoms with Crippen LogP contribution < -0.4 is 10.6 Å². The van der Waals surface area contributed by atoms with Crippen molar-refractivity contribution < 1.29 is 14.7 Å². The van der Waals surface area contributed by atoms with Crippen LogP contribution in [0.4, 0.5) is 5.13 Å². The highest BCUT2D eigenvalue weighted by molar-refractivity contribution is 7.15. The lowest BCUT2D eigenvalue weighted by molar-refractivity contribution is -0.135. The lowest BCUT2D eigenvalue weighted by atomic mass is 9.85. The molecular weight excluding hydrogens is 326 g/mol. The molecule has 7 heteroatoms. The number of hydrogen-bond acceptors (Lipinski definition) is 5. The molecule has 1 fully saturated rings. The van der Waals surface area contributed by atoms with Gasteiger partial charge in [-0.3, -0.25) is 9.59 Å². The van der Waals surface area contributed by atoms with Crippen molar-refractivity contribution in [2.24, 2.45) is 5.92 Å². The van der Waals surface area contributed by atoms with Crippen LogP contribution >= 0.6 is 11.3 Å². The van der Waals surface area contributed by atoms with Crippen LogP contribution in [0.2, 0.25) is 0 Å². The molecule has 24 heavy (non-hydrogen) atoms. The lowest BCUT2D eigenvalue weighted by Crippen LogP contribution is -2.49. The third-order valence-electron chi connectivity index (χ3n) is 4.43. The maximum atomic E-state index is 12.4. The number of carbonyl (C=O) groups is 2. The third kappa shape index (κ3) is 5.27. The molecule has 2 atom stereocenters. The minimum Gasteiger partial charge on any atom is -0.383 e. The van der Waals surface area contributed by atoms with E-state index in [1.165, 1.54) is 17.8 Å². The first-order valence-corrected chi connectivity index (χ1v) is 9.54. The number of hydrogen-bond donors (Lipinski definition) is 3. The predicted octanol–water partition coefficient (Wildman–Crippen LogP) is 2.62. The third-order valence-corrected chi connectivity index (χ3v) is 5.25. The topological polar surface area (TPSA) is 91.3 Å².